The fourth-order valence-electron chi connectivity index (χ4n) is 4.44. The van der Waals surface area contributed by atoms with Crippen LogP contribution in [0.25, 0.3) is 16.6 Å². The second kappa shape index (κ2) is 9.02. The molecule has 2 N–H and O–H groups in total. The first-order chi connectivity index (χ1) is 16.1. The summed E-state index contributed by atoms with van der Waals surface area (Å²) < 4.78 is 16.1. The summed E-state index contributed by atoms with van der Waals surface area (Å²) in [7, 11) is 0. The molecule has 2 aromatic heterocycles. The molecule has 2 fully saturated rings. The number of carbonyl (C=O) groups excluding carboxylic acids is 1. The summed E-state index contributed by atoms with van der Waals surface area (Å²) in [6.07, 6.45) is 4.60. The van der Waals surface area contributed by atoms with E-state index in [-0.39, 0.29) is 5.91 Å². The number of piperazine rings is 1. The summed E-state index contributed by atoms with van der Waals surface area (Å²) >= 11 is 0. The Hall–Kier alpha value is -3.13. The highest BCUT2D eigenvalue weighted by Crippen LogP contribution is 2.41. The molecule has 0 bridgehead atoms. The third kappa shape index (κ3) is 4.53. The van der Waals surface area contributed by atoms with Crippen LogP contribution in [-0.2, 0) is 4.79 Å². The lowest BCUT2D eigenvalue weighted by molar-refractivity contribution is -0.138. The van der Waals surface area contributed by atoms with E-state index < -0.39 is 5.67 Å². The maximum atomic E-state index is 14.2. The zero-order chi connectivity index (χ0) is 22.8. The van der Waals surface area contributed by atoms with E-state index in [9.17, 15) is 9.18 Å². The van der Waals surface area contributed by atoms with Gasteiger partial charge in [0.2, 0.25) is 0 Å². The van der Waals surface area contributed by atoms with Crippen molar-refractivity contribution in [2.45, 2.75) is 25.4 Å². The molecule has 1 aromatic carbocycles. The van der Waals surface area contributed by atoms with E-state index in [4.69, 9.17) is 0 Å². The van der Waals surface area contributed by atoms with Gasteiger partial charge >= 0.3 is 0 Å². The average molecular weight is 451 g/mol. The van der Waals surface area contributed by atoms with Gasteiger partial charge in [-0.15, -0.1) is 0 Å². The van der Waals surface area contributed by atoms with Crippen molar-refractivity contribution in [1.29, 1.82) is 0 Å². The Balaban J connectivity index is 1.28. The zero-order valence-electron chi connectivity index (χ0n) is 19.1. The predicted molar refractivity (Wildman–Crippen MR) is 130 cm³/mol. The van der Waals surface area contributed by atoms with Gasteiger partial charge in [0.05, 0.1) is 11.2 Å². The lowest BCUT2D eigenvalue weighted by atomic mass is 10.1. The van der Waals surface area contributed by atoms with Crippen molar-refractivity contribution < 1.29 is 9.18 Å². The predicted octanol–water partition coefficient (Wildman–Crippen LogP) is 3.17. The van der Waals surface area contributed by atoms with Gasteiger partial charge in [0.25, 0.3) is 5.91 Å². The van der Waals surface area contributed by atoms with Gasteiger partial charge in [-0.1, -0.05) is 19.1 Å². The minimum atomic E-state index is -1.58. The molecule has 1 amide bonds. The second-order valence-electron chi connectivity index (χ2n) is 8.88. The van der Waals surface area contributed by atoms with Gasteiger partial charge in [0.1, 0.15) is 0 Å². The van der Waals surface area contributed by atoms with Crippen LogP contribution in [0.15, 0.2) is 48.8 Å². The fourth-order valence-corrected chi connectivity index (χ4v) is 4.44. The molecule has 7 nitrogen and oxygen atoms in total. The van der Waals surface area contributed by atoms with Gasteiger partial charge in [0, 0.05) is 62.9 Å². The number of alkyl halides is 1. The minimum Gasteiger partial charge on any atom is -0.384 e. The molecule has 33 heavy (non-hydrogen) atoms. The maximum absolute atomic E-state index is 14.2. The number of hydrogen-bond acceptors (Lipinski definition) is 5. The van der Waals surface area contributed by atoms with Crippen molar-refractivity contribution in [2.75, 3.05) is 56.0 Å². The lowest BCUT2D eigenvalue weighted by Crippen LogP contribution is -2.51. The van der Waals surface area contributed by atoms with Crippen LogP contribution in [0.3, 0.4) is 0 Å². The SMILES string of the molecule is CCNCCNc1ccc(-c2cc3c(N4CCN(C(=O)C5(F)CC5)CC4)ccnn3c2)cc1. The number of carbonyl (C=O) groups is 1. The van der Waals surface area contributed by atoms with Crippen molar-refractivity contribution in [3.8, 4) is 11.1 Å². The first kappa shape index (κ1) is 21.7. The Morgan fingerprint density at radius 3 is 2.52 bits per heavy atom. The molecule has 0 radical (unpaired) electrons. The summed E-state index contributed by atoms with van der Waals surface area (Å²) in [6.45, 7) is 7.39. The van der Waals surface area contributed by atoms with Gasteiger partial charge in [-0.05, 0) is 49.2 Å². The highest BCUT2D eigenvalue weighted by atomic mass is 19.1. The highest BCUT2D eigenvalue weighted by Gasteiger charge is 2.53. The average Bonchev–Trinajstić information content (AvgIpc) is 3.45. The molecule has 1 aliphatic heterocycles. The van der Waals surface area contributed by atoms with E-state index in [1.807, 2.05) is 23.0 Å². The van der Waals surface area contributed by atoms with Gasteiger partial charge < -0.3 is 20.4 Å². The van der Waals surface area contributed by atoms with Crippen molar-refractivity contribution in [3.05, 3.63) is 48.8 Å². The van der Waals surface area contributed by atoms with Gasteiger partial charge in [-0.25, -0.2) is 8.91 Å². The summed E-state index contributed by atoms with van der Waals surface area (Å²) in [5.74, 6) is -0.327. The van der Waals surface area contributed by atoms with Crippen LogP contribution >= 0.6 is 0 Å². The molecular formula is C25H31FN6O. The molecule has 174 valence electrons. The zero-order valence-corrected chi connectivity index (χ0v) is 19.1. The molecular weight excluding hydrogens is 419 g/mol. The molecule has 3 heterocycles. The summed E-state index contributed by atoms with van der Waals surface area (Å²) in [6, 6.07) is 12.6. The van der Waals surface area contributed by atoms with Crippen LogP contribution in [0, 0.1) is 0 Å². The number of benzene rings is 1. The third-order valence-electron chi connectivity index (χ3n) is 6.57. The number of halogens is 1. The van der Waals surface area contributed by atoms with Crippen LogP contribution in [0.5, 0.6) is 0 Å². The standard InChI is InChI=1S/C25H31FN6O/c1-2-27-11-12-28-21-5-3-19(4-6-21)20-17-23-22(7-10-29-32(23)18-20)30-13-15-31(16-14-30)24(33)25(26)8-9-25/h3-7,10,17-18,27-28H,2,8-9,11-16H2,1H3. The van der Waals surface area contributed by atoms with Gasteiger partial charge in [-0.3, -0.25) is 4.79 Å². The molecule has 0 atom stereocenters. The third-order valence-corrected chi connectivity index (χ3v) is 6.57. The van der Waals surface area contributed by atoms with Crippen LogP contribution < -0.4 is 15.5 Å². The Morgan fingerprint density at radius 2 is 1.82 bits per heavy atom. The fraction of sp³-hybridized carbons (Fsp3) is 0.440. The Kier molecular flexibility index (Phi) is 5.93. The monoisotopic (exact) mass is 450 g/mol. The van der Waals surface area contributed by atoms with E-state index in [2.05, 4.69) is 57.9 Å². The number of nitrogens with zero attached hydrogens (tertiary/aromatic N) is 4. The molecule has 1 saturated carbocycles. The van der Waals surface area contributed by atoms with Crippen molar-refractivity contribution >= 4 is 22.8 Å². The first-order valence-electron chi connectivity index (χ1n) is 11.8. The summed E-state index contributed by atoms with van der Waals surface area (Å²) in [5.41, 5.74) is 3.89. The Morgan fingerprint density at radius 1 is 1.06 bits per heavy atom. The summed E-state index contributed by atoms with van der Waals surface area (Å²) in [4.78, 5) is 16.3. The minimum absolute atomic E-state index is 0.327. The second-order valence-corrected chi connectivity index (χ2v) is 8.88. The molecule has 3 aromatic rings. The number of anilines is 2. The van der Waals surface area contributed by atoms with E-state index in [0.717, 1.165) is 47.7 Å². The molecule has 1 saturated heterocycles. The maximum Gasteiger partial charge on any atom is 0.260 e. The van der Waals surface area contributed by atoms with Crippen molar-refractivity contribution in [1.82, 2.24) is 19.8 Å². The number of amides is 1. The van der Waals surface area contributed by atoms with Crippen molar-refractivity contribution in [2.24, 2.45) is 0 Å². The normalized spacial score (nSPS) is 17.4. The first-order valence-corrected chi connectivity index (χ1v) is 11.8. The number of hydrogen-bond donors (Lipinski definition) is 2. The van der Waals surface area contributed by atoms with Gasteiger partial charge in [0.15, 0.2) is 5.67 Å². The molecule has 1 aliphatic carbocycles. The van der Waals surface area contributed by atoms with Crippen LogP contribution in [0.4, 0.5) is 15.8 Å². The van der Waals surface area contributed by atoms with Crippen LogP contribution in [-0.4, -0.2) is 71.9 Å². The highest BCUT2D eigenvalue weighted by molar-refractivity contribution is 5.88. The topological polar surface area (TPSA) is 64.9 Å². The number of aromatic nitrogens is 2. The number of fused-ring (bicyclic) bond motifs is 1. The molecule has 0 spiro atoms. The largest absolute Gasteiger partial charge is 0.384 e. The van der Waals surface area contributed by atoms with E-state index in [0.29, 0.717) is 39.0 Å². The van der Waals surface area contributed by atoms with E-state index >= 15 is 0 Å². The quantitative estimate of drug-likeness (QED) is 0.516. The van der Waals surface area contributed by atoms with Crippen LogP contribution in [0.1, 0.15) is 19.8 Å². The van der Waals surface area contributed by atoms with Crippen LogP contribution in [0.2, 0.25) is 0 Å². The number of rotatable bonds is 8. The van der Waals surface area contributed by atoms with Gasteiger partial charge in [-0.2, -0.15) is 5.10 Å². The number of likely N-dealkylation sites (N-methyl/N-ethyl adjacent to an activating group) is 1. The number of nitrogens with one attached hydrogen (secondary N) is 2. The van der Waals surface area contributed by atoms with E-state index in [1.54, 1.807) is 4.90 Å². The summed E-state index contributed by atoms with van der Waals surface area (Å²) in [5, 5.41) is 11.2. The van der Waals surface area contributed by atoms with Crippen molar-refractivity contribution in [3.63, 3.8) is 0 Å². The smallest absolute Gasteiger partial charge is 0.260 e. The molecule has 8 heteroatoms. The lowest BCUT2D eigenvalue weighted by Gasteiger charge is -2.36. The molecule has 5 rings (SSSR count). The molecule has 2 aliphatic rings. The Bertz CT molecular complexity index is 1120. The Labute approximate surface area is 193 Å². The van der Waals surface area contributed by atoms with E-state index in [1.165, 1.54) is 0 Å². The molecule has 0 unspecified atom stereocenters.